The van der Waals surface area contributed by atoms with Crippen molar-refractivity contribution in [3.63, 3.8) is 0 Å². The van der Waals surface area contributed by atoms with Crippen LogP contribution in [0.2, 0.25) is 0 Å². The van der Waals surface area contributed by atoms with Crippen molar-refractivity contribution in [2.24, 2.45) is 0 Å². The summed E-state index contributed by atoms with van der Waals surface area (Å²) < 4.78 is 5.14. The monoisotopic (exact) mass is 809 g/mol. The molecule has 3 nitrogen and oxygen atoms in total. The molecule has 0 amide bonds. The molecule has 0 saturated heterocycles. The molecule has 2 aromatic heterocycles. The van der Waals surface area contributed by atoms with E-state index >= 15 is 0 Å². The Hall–Kier alpha value is -7.62. The first kappa shape index (κ1) is 37.2. The molecule has 2 aliphatic carbocycles. The first-order chi connectivity index (χ1) is 31.2. The molecular weight excluding hydrogens is 763 g/mol. The summed E-state index contributed by atoms with van der Waals surface area (Å²) in [6.07, 6.45) is 12.2. The number of nitrogens with one attached hydrogen (secondary N) is 1. The second-order valence-electron chi connectivity index (χ2n) is 17.1. The predicted molar refractivity (Wildman–Crippen MR) is 266 cm³/mol. The first-order valence-electron chi connectivity index (χ1n) is 22.5. The summed E-state index contributed by atoms with van der Waals surface area (Å²) >= 11 is 0. The maximum absolute atomic E-state index is 3.99. The molecule has 3 heteroatoms. The normalized spacial score (nSPS) is 13.9. The third-order valence-corrected chi connectivity index (χ3v) is 13.4. The standard InChI is InChI=1S/C60H47N3/c1-3-16-42(17-4-1)40-61-56(35-30-41-18-15-23-46(36-41)43-19-5-2-6-20-43)47-37-48(62-57-28-13-11-26-52(57)54-33-31-44-21-7-9-24-50(44)59(54)62)39-49(38-47)63-58-29-14-12-27-53(58)55-34-32-45-22-8-10-25-51(45)60(55)63/h1-9,11-24,26-29,31,33,35-39,61H,10,25,30,32,34,40H2/b56-35-. The van der Waals surface area contributed by atoms with Crippen LogP contribution >= 0.6 is 0 Å². The van der Waals surface area contributed by atoms with E-state index in [9.17, 15) is 0 Å². The Morgan fingerprint density at radius 3 is 2.05 bits per heavy atom. The fourth-order valence-electron chi connectivity index (χ4n) is 10.4. The van der Waals surface area contributed by atoms with Crippen LogP contribution in [-0.2, 0) is 19.4 Å². The molecule has 8 aromatic carbocycles. The molecular formula is C60H47N3. The zero-order valence-corrected chi connectivity index (χ0v) is 35.3. The molecule has 0 atom stereocenters. The minimum atomic E-state index is 0.709. The zero-order valence-electron chi connectivity index (χ0n) is 35.3. The van der Waals surface area contributed by atoms with E-state index in [4.69, 9.17) is 0 Å². The maximum atomic E-state index is 3.99. The summed E-state index contributed by atoms with van der Waals surface area (Å²) in [5.74, 6) is 0. The van der Waals surface area contributed by atoms with Crippen LogP contribution in [0.3, 0.4) is 0 Å². The highest BCUT2D eigenvalue weighted by atomic mass is 15.0. The van der Waals surface area contributed by atoms with Gasteiger partial charge in [0.25, 0.3) is 0 Å². The largest absolute Gasteiger partial charge is 0.381 e. The quantitative estimate of drug-likeness (QED) is 0.154. The van der Waals surface area contributed by atoms with Crippen molar-refractivity contribution < 1.29 is 0 Å². The van der Waals surface area contributed by atoms with Gasteiger partial charge < -0.3 is 14.5 Å². The van der Waals surface area contributed by atoms with E-state index in [-0.39, 0.29) is 0 Å². The van der Waals surface area contributed by atoms with Gasteiger partial charge in [-0.25, -0.2) is 0 Å². The summed E-state index contributed by atoms with van der Waals surface area (Å²) in [7, 11) is 0. The Labute approximate surface area is 368 Å². The van der Waals surface area contributed by atoms with Gasteiger partial charge >= 0.3 is 0 Å². The molecule has 0 bridgehead atoms. The van der Waals surface area contributed by atoms with Gasteiger partial charge in [0.2, 0.25) is 0 Å². The second-order valence-corrected chi connectivity index (χ2v) is 17.1. The minimum absolute atomic E-state index is 0.709. The molecule has 0 aliphatic heterocycles. The highest BCUT2D eigenvalue weighted by molar-refractivity contribution is 6.18. The molecule has 2 heterocycles. The van der Waals surface area contributed by atoms with E-state index in [0.29, 0.717) is 6.54 Å². The lowest BCUT2D eigenvalue weighted by Crippen LogP contribution is -2.14. The highest BCUT2D eigenvalue weighted by Gasteiger charge is 2.28. The van der Waals surface area contributed by atoms with Crippen molar-refractivity contribution >= 4 is 54.8 Å². The van der Waals surface area contributed by atoms with Gasteiger partial charge in [-0.3, -0.25) is 0 Å². The maximum Gasteiger partial charge on any atom is 0.0619 e. The van der Waals surface area contributed by atoms with Crippen LogP contribution in [0.15, 0.2) is 212 Å². The van der Waals surface area contributed by atoms with E-state index in [2.05, 4.69) is 221 Å². The van der Waals surface area contributed by atoms with Crippen LogP contribution < -0.4 is 5.32 Å². The number of allylic oxidation sites excluding steroid dienone is 5. The van der Waals surface area contributed by atoms with Gasteiger partial charge in [0, 0.05) is 50.7 Å². The number of aromatic nitrogens is 2. The van der Waals surface area contributed by atoms with Crippen molar-refractivity contribution in [1.82, 2.24) is 14.5 Å². The Balaban J connectivity index is 1.12. The average Bonchev–Trinajstić information content (AvgIpc) is 3.88. The zero-order chi connectivity index (χ0) is 41.7. The van der Waals surface area contributed by atoms with Gasteiger partial charge in [-0.1, -0.05) is 176 Å². The number of hydrogen-bond acceptors (Lipinski definition) is 1. The van der Waals surface area contributed by atoms with Crippen LogP contribution in [0.25, 0.3) is 77.3 Å². The smallest absolute Gasteiger partial charge is 0.0619 e. The van der Waals surface area contributed by atoms with Gasteiger partial charge in [0.05, 0.1) is 22.2 Å². The Morgan fingerprint density at radius 1 is 0.524 bits per heavy atom. The molecule has 0 spiro atoms. The van der Waals surface area contributed by atoms with Gasteiger partial charge in [-0.2, -0.15) is 0 Å². The molecule has 63 heavy (non-hydrogen) atoms. The SMILES string of the molecule is C1=CC2=C(CC1)c1c(c3ccccc3n1-c1cc(/C(=C/Cc3cccc(-c4ccccc4)c3)NCc3ccccc3)cc(-n3c4ccccc4c4ccc5ccccc5c43)c1)CC2. The number of aryl methyl sites for hydroxylation is 1. The first-order valence-corrected chi connectivity index (χ1v) is 22.5. The molecule has 302 valence electrons. The van der Waals surface area contributed by atoms with Gasteiger partial charge in [-0.05, 0) is 107 Å². The average molecular weight is 810 g/mol. The van der Waals surface area contributed by atoms with Crippen molar-refractivity contribution in [2.75, 3.05) is 0 Å². The van der Waals surface area contributed by atoms with Crippen molar-refractivity contribution in [3.05, 3.63) is 240 Å². The summed E-state index contributed by atoms with van der Waals surface area (Å²) in [4.78, 5) is 0. The van der Waals surface area contributed by atoms with E-state index in [1.54, 1.807) is 0 Å². The Morgan fingerprint density at radius 2 is 1.21 bits per heavy atom. The number of hydrogen-bond donors (Lipinski definition) is 1. The minimum Gasteiger partial charge on any atom is -0.381 e. The van der Waals surface area contributed by atoms with Gasteiger partial charge in [-0.15, -0.1) is 0 Å². The second kappa shape index (κ2) is 15.7. The lowest BCUT2D eigenvalue weighted by molar-refractivity contribution is 0.876. The number of nitrogens with zero attached hydrogens (tertiary/aromatic N) is 2. The van der Waals surface area contributed by atoms with Crippen LogP contribution in [-0.4, -0.2) is 9.13 Å². The molecule has 0 radical (unpaired) electrons. The third-order valence-electron chi connectivity index (χ3n) is 13.4. The molecule has 2 aliphatic rings. The Kier molecular flexibility index (Phi) is 9.26. The van der Waals surface area contributed by atoms with Gasteiger partial charge in [0.1, 0.15) is 0 Å². The Bertz CT molecular complexity index is 3470. The number of rotatable bonds is 9. The van der Waals surface area contributed by atoms with E-state index in [0.717, 1.165) is 49.1 Å². The van der Waals surface area contributed by atoms with Crippen molar-refractivity contribution in [1.29, 1.82) is 0 Å². The summed E-state index contributed by atoms with van der Waals surface area (Å²) in [6, 6.07) is 69.3. The van der Waals surface area contributed by atoms with Crippen LogP contribution in [0.4, 0.5) is 0 Å². The lowest BCUT2D eigenvalue weighted by Gasteiger charge is -2.25. The van der Waals surface area contributed by atoms with E-state index < -0.39 is 0 Å². The topological polar surface area (TPSA) is 21.9 Å². The number of para-hydroxylation sites is 2. The van der Waals surface area contributed by atoms with Crippen LogP contribution in [0.5, 0.6) is 0 Å². The van der Waals surface area contributed by atoms with Crippen molar-refractivity contribution in [2.45, 2.75) is 38.6 Å². The van der Waals surface area contributed by atoms with E-state index in [1.807, 2.05) is 0 Å². The fourth-order valence-corrected chi connectivity index (χ4v) is 10.4. The fraction of sp³-hybridized carbons (Fsp3) is 0.100. The lowest BCUT2D eigenvalue weighted by atomic mass is 9.84. The van der Waals surface area contributed by atoms with Crippen LogP contribution in [0, 0.1) is 0 Å². The molecule has 0 unspecified atom stereocenters. The molecule has 12 rings (SSSR count). The number of benzene rings is 8. The third kappa shape index (κ3) is 6.60. The molecule has 0 fully saturated rings. The summed E-state index contributed by atoms with van der Waals surface area (Å²) in [5.41, 5.74) is 19.1. The van der Waals surface area contributed by atoms with Gasteiger partial charge in [0.15, 0.2) is 0 Å². The van der Waals surface area contributed by atoms with Crippen LogP contribution in [0.1, 0.15) is 47.2 Å². The molecule has 0 saturated carbocycles. The molecule has 10 aromatic rings. The number of fused-ring (bicyclic) bond motifs is 9. The van der Waals surface area contributed by atoms with E-state index in [1.165, 1.54) is 93.8 Å². The predicted octanol–water partition coefficient (Wildman–Crippen LogP) is 15.0. The summed E-state index contributed by atoms with van der Waals surface area (Å²) in [6.45, 7) is 0.709. The summed E-state index contributed by atoms with van der Waals surface area (Å²) in [5, 5.41) is 10.4. The molecule has 1 N–H and O–H groups in total. The van der Waals surface area contributed by atoms with Crippen molar-refractivity contribution in [3.8, 4) is 22.5 Å². The highest BCUT2D eigenvalue weighted by Crippen LogP contribution is 2.45.